The first-order chi connectivity index (χ1) is 17.6. The van der Waals surface area contributed by atoms with Crippen LogP contribution in [-0.4, -0.2) is 44.5 Å². The summed E-state index contributed by atoms with van der Waals surface area (Å²) < 4.78 is 22.2. The van der Waals surface area contributed by atoms with Gasteiger partial charge in [0.2, 0.25) is 0 Å². The van der Waals surface area contributed by atoms with Gasteiger partial charge in [0, 0.05) is 31.7 Å². The molecule has 0 aliphatic rings. The lowest BCUT2D eigenvalue weighted by atomic mass is 9.84. The molecule has 2 aromatic carbocycles. The van der Waals surface area contributed by atoms with Gasteiger partial charge in [-0.05, 0) is 65.4 Å². The fourth-order valence-electron chi connectivity index (χ4n) is 4.26. The summed E-state index contributed by atoms with van der Waals surface area (Å²) in [5.41, 5.74) is -0.111. The fourth-order valence-corrected chi connectivity index (χ4v) is 5.01. The molecular weight excluding hydrogens is 474 g/mol. The number of nitrogens with zero attached hydrogens (tertiary/aromatic N) is 1. The second-order valence-corrected chi connectivity index (χ2v) is 9.60. The van der Waals surface area contributed by atoms with Gasteiger partial charge in [0.25, 0.3) is 0 Å². The van der Waals surface area contributed by atoms with Gasteiger partial charge in [-0.15, -0.1) is 11.3 Å². The maximum absolute atomic E-state index is 12.2. The number of hydrogen-bond acceptors (Lipinski definition) is 7. The largest absolute Gasteiger partial charge is 0.497 e. The number of ether oxygens (including phenoxy) is 3. The van der Waals surface area contributed by atoms with Crippen LogP contribution in [0, 0.1) is 0 Å². The van der Waals surface area contributed by atoms with E-state index in [1.807, 2.05) is 60.7 Å². The Hall–Kier alpha value is -3.10. The Morgan fingerprint density at radius 2 is 1.47 bits per heavy atom. The number of thiophene rings is 1. The van der Waals surface area contributed by atoms with Gasteiger partial charge in [-0.1, -0.05) is 30.3 Å². The van der Waals surface area contributed by atoms with Crippen molar-refractivity contribution in [2.24, 2.45) is 0 Å². The second kappa shape index (κ2) is 12.2. The van der Waals surface area contributed by atoms with Crippen LogP contribution in [0.2, 0.25) is 0 Å². The van der Waals surface area contributed by atoms with Crippen LogP contribution >= 0.6 is 11.3 Å². The topological polar surface area (TPSA) is 64.3 Å². The van der Waals surface area contributed by atoms with Gasteiger partial charge in [0.1, 0.15) is 23.0 Å². The van der Waals surface area contributed by atoms with Crippen LogP contribution in [0.5, 0.6) is 11.5 Å². The summed E-state index contributed by atoms with van der Waals surface area (Å²) in [5.74, 6) is 2.69. The van der Waals surface area contributed by atoms with E-state index in [0.717, 1.165) is 36.8 Å². The maximum atomic E-state index is 12.2. The first kappa shape index (κ1) is 26.0. The van der Waals surface area contributed by atoms with Crippen LogP contribution in [-0.2, 0) is 23.4 Å². The zero-order valence-corrected chi connectivity index (χ0v) is 21.8. The highest BCUT2D eigenvalue weighted by atomic mass is 32.1. The number of benzene rings is 2. The smallest absolute Gasteiger partial charge is 0.173 e. The summed E-state index contributed by atoms with van der Waals surface area (Å²) >= 11 is 1.75. The van der Waals surface area contributed by atoms with E-state index >= 15 is 0 Å². The molecule has 0 saturated heterocycles. The molecule has 1 N–H and O–H groups in total. The lowest BCUT2D eigenvalue weighted by Gasteiger charge is -2.28. The predicted molar refractivity (Wildman–Crippen MR) is 142 cm³/mol. The number of rotatable bonds is 13. The molecule has 2 aromatic heterocycles. The summed E-state index contributed by atoms with van der Waals surface area (Å²) in [4.78, 5) is 3.64. The SMILES string of the molecule is COCCCN(Cc1ccc(C(O)(c2ccc(OC)cc2)c2ccc(OC)cc2)o1)Cc1cccs1. The van der Waals surface area contributed by atoms with Gasteiger partial charge in [-0.25, -0.2) is 0 Å². The standard InChI is InChI=1S/C29H33NO5S/c1-32-18-5-17-30(21-27-6-4-19-36-27)20-26-15-16-28(35-26)29(31,22-7-11-24(33-2)12-8-22)23-9-13-25(34-3)14-10-23/h4,6-16,19,31H,5,17-18,20-21H2,1-3H3. The molecule has 36 heavy (non-hydrogen) atoms. The second-order valence-electron chi connectivity index (χ2n) is 8.57. The molecule has 4 rings (SSSR count). The van der Waals surface area contributed by atoms with E-state index in [2.05, 4.69) is 22.4 Å². The molecule has 2 heterocycles. The molecule has 0 radical (unpaired) electrons. The van der Waals surface area contributed by atoms with Crippen molar-refractivity contribution in [1.82, 2.24) is 4.90 Å². The number of hydrogen-bond donors (Lipinski definition) is 1. The first-order valence-electron chi connectivity index (χ1n) is 11.9. The minimum absolute atomic E-state index is 0.459. The molecule has 0 saturated carbocycles. The molecule has 7 heteroatoms. The molecule has 0 bridgehead atoms. The number of furan rings is 1. The Kier molecular flexibility index (Phi) is 8.83. The zero-order chi connectivity index (χ0) is 25.4. The van der Waals surface area contributed by atoms with Crippen molar-refractivity contribution in [3.63, 3.8) is 0 Å². The first-order valence-corrected chi connectivity index (χ1v) is 12.8. The molecule has 0 unspecified atom stereocenters. The molecule has 0 amide bonds. The molecule has 0 aliphatic carbocycles. The predicted octanol–water partition coefficient (Wildman–Crippen LogP) is 5.68. The average molecular weight is 508 g/mol. The van der Waals surface area contributed by atoms with Gasteiger partial charge < -0.3 is 23.7 Å². The van der Waals surface area contributed by atoms with Crippen LogP contribution in [0.25, 0.3) is 0 Å². The van der Waals surface area contributed by atoms with E-state index in [4.69, 9.17) is 18.6 Å². The monoisotopic (exact) mass is 507 g/mol. The lowest BCUT2D eigenvalue weighted by Crippen LogP contribution is -2.28. The zero-order valence-electron chi connectivity index (χ0n) is 21.0. The van der Waals surface area contributed by atoms with E-state index in [9.17, 15) is 5.11 Å². The minimum atomic E-state index is -1.48. The quantitative estimate of drug-likeness (QED) is 0.235. The van der Waals surface area contributed by atoms with E-state index in [0.29, 0.717) is 30.0 Å². The van der Waals surface area contributed by atoms with E-state index in [1.54, 1.807) is 32.7 Å². The lowest BCUT2D eigenvalue weighted by molar-refractivity contribution is 0.0947. The van der Waals surface area contributed by atoms with Crippen molar-refractivity contribution in [2.75, 3.05) is 34.5 Å². The summed E-state index contributed by atoms with van der Waals surface area (Å²) in [6, 6.07) is 22.8. The molecule has 0 fully saturated rings. The number of methoxy groups -OCH3 is 3. The van der Waals surface area contributed by atoms with Crippen LogP contribution < -0.4 is 9.47 Å². The van der Waals surface area contributed by atoms with E-state index in [1.165, 1.54) is 4.88 Å². The van der Waals surface area contributed by atoms with Crippen molar-refractivity contribution in [3.05, 3.63) is 106 Å². The molecule has 0 atom stereocenters. The van der Waals surface area contributed by atoms with Gasteiger partial charge in [-0.3, -0.25) is 4.90 Å². The van der Waals surface area contributed by atoms with Crippen LogP contribution in [0.1, 0.15) is 33.9 Å². The minimum Gasteiger partial charge on any atom is -0.497 e. The molecule has 190 valence electrons. The molecule has 6 nitrogen and oxygen atoms in total. The maximum Gasteiger partial charge on any atom is 0.173 e. The Bertz CT molecular complexity index is 1140. The van der Waals surface area contributed by atoms with Crippen LogP contribution in [0.3, 0.4) is 0 Å². The Morgan fingerprint density at radius 1 is 0.833 bits per heavy atom. The normalized spacial score (nSPS) is 11.7. The highest BCUT2D eigenvalue weighted by Crippen LogP contribution is 2.39. The van der Waals surface area contributed by atoms with Crippen molar-refractivity contribution < 1.29 is 23.7 Å². The van der Waals surface area contributed by atoms with Crippen molar-refractivity contribution in [3.8, 4) is 11.5 Å². The van der Waals surface area contributed by atoms with E-state index < -0.39 is 5.60 Å². The van der Waals surface area contributed by atoms with Gasteiger partial charge in [-0.2, -0.15) is 0 Å². The van der Waals surface area contributed by atoms with Crippen molar-refractivity contribution in [1.29, 1.82) is 0 Å². The third-order valence-electron chi connectivity index (χ3n) is 6.20. The summed E-state index contributed by atoms with van der Waals surface area (Å²) in [5, 5.41) is 14.3. The third kappa shape index (κ3) is 5.99. The number of aliphatic hydroxyl groups is 1. The van der Waals surface area contributed by atoms with Gasteiger partial charge in [0.15, 0.2) is 5.60 Å². The summed E-state index contributed by atoms with van der Waals surface area (Å²) in [7, 11) is 4.97. The summed E-state index contributed by atoms with van der Waals surface area (Å²) in [6.45, 7) is 3.05. The average Bonchev–Trinajstić information content (AvgIpc) is 3.61. The highest BCUT2D eigenvalue weighted by molar-refractivity contribution is 7.09. The van der Waals surface area contributed by atoms with Crippen molar-refractivity contribution >= 4 is 11.3 Å². The molecule has 0 aliphatic heterocycles. The molecule has 4 aromatic rings. The fraction of sp³-hybridized carbons (Fsp3) is 0.310. The summed E-state index contributed by atoms with van der Waals surface area (Å²) in [6.07, 6.45) is 0.928. The van der Waals surface area contributed by atoms with Crippen LogP contribution in [0.15, 0.2) is 82.6 Å². The molecule has 0 spiro atoms. The Labute approximate surface area is 216 Å². The van der Waals surface area contributed by atoms with Crippen LogP contribution in [0.4, 0.5) is 0 Å². The highest BCUT2D eigenvalue weighted by Gasteiger charge is 2.37. The van der Waals surface area contributed by atoms with Gasteiger partial charge >= 0.3 is 0 Å². The van der Waals surface area contributed by atoms with Gasteiger partial charge in [0.05, 0.1) is 20.8 Å². The van der Waals surface area contributed by atoms with E-state index in [-0.39, 0.29) is 0 Å². The molecular formula is C29H33NO5S. The van der Waals surface area contributed by atoms with Crippen molar-refractivity contribution in [2.45, 2.75) is 25.1 Å². The third-order valence-corrected chi connectivity index (χ3v) is 7.06. The Balaban J connectivity index is 1.64. The Morgan fingerprint density at radius 3 is 2.00 bits per heavy atom.